The highest BCUT2D eigenvalue weighted by atomic mass is 19.1. The van der Waals surface area contributed by atoms with E-state index in [0.717, 1.165) is 38.2 Å². The Balaban J connectivity index is 2.11. The second kappa shape index (κ2) is 6.79. The maximum Gasteiger partial charge on any atom is 0.167 e. The van der Waals surface area contributed by atoms with Gasteiger partial charge in [-0.2, -0.15) is 0 Å². The molecule has 2 N–H and O–H groups in total. The lowest BCUT2D eigenvalue weighted by atomic mass is 10.1. The van der Waals surface area contributed by atoms with Gasteiger partial charge in [0.2, 0.25) is 0 Å². The lowest BCUT2D eigenvalue weighted by molar-refractivity contribution is 0.0459. The summed E-state index contributed by atoms with van der Waals surface area (Å²) in [6.07, 6.45) is 2.26. The molecule has 1 aliphatic heterocycles. The molecule has 2 rings (SSSR count). The van der Waals surface area contributed by atoms with Crippen LogP contribution in [0.15, 0.2) is 12.1 Å². The van der Waals surface area contributed by atoms with Crippen molar-refractivity contribution in [2.24, 2.45) is 0 Å². The molecule has 1 fully saturated rings. The third-order valence-corrected chi connectivity index (χ3v) is 3.57. The summed E-state index contributed by atoms with van der Waals surface area (Å²) in [4.78, 5) is 2.17. The Morgan fingerprint density at radius 1 is 1.25 bits per heavy atom. The number of benzene rings is 1. The maximum absolute atomic E-state index is 13.7. The molecular formula is C15H23FN2O2. The van der Waals surface area contributed by atoms with E-state index in [1.165, 1.54) is 6.07 Å². The molecule has 1 heterocycles. The Hall–Kier alpha value is -1.49. The van der Waals surface area contributed by atoms with Gasteiger partial charge < -0.3 is 20.1 Å². The van der Waals surface area contributed by atoms with E-state index in [0.29, 0.717) is 18.4 Å². The van der Waals surface area contributed by atoms with Crippen LogP contribution < -0.4 is 15.4 Å². The number of anilines is 2. The molecule has 0 unspecified atom stereocenters. The fourth-order valence-electron chi connectivity index (χ4n) is 2.60. The van der Waals surface area contributed by atoms with Crippen LogP contribution in [0, 0.1) is 5.82 Å². The highest BCUT2D eigenvalue weighted by Gasteiger charge is 2.22. The smallest absolute Gasteiger partial charge is 0.167 e. The zero-order chi connectivity index (χ0) is 14.5. The topological polar surface area (TPSA) is 47.7 Å². The number of rotatable bonds is 5. The standard InChI is InChI=1S/C15H23FN2O2/c1-3-19-11-5-7-18(8-6-11)14-10-15(20-4-2)12(16)9-13(14)17/h9-11H,3-8,17H2,1-2H3. The molecule has 5 heteroatoms. The van der Waals surface area contributed by atoms with Crippen molar-refractivity contribution < 1.29 is 13.9 Å². The number of nitrogens with two attached hydrogens (primary N) is 1. The molecule has 0 aliphatic carbocycles. The third-order valence-electron chi connectivity index (χ3n) is 3.57. The number of ether oxygens (including phenoxy) is 2. The molecule has 20 heavy (non-hydrogen) atoms. The second-order valence-corrected chi connectivity index (χ2v) is 4.92. The first-order valence-electron chi connectivity index (χ1n) is 7.24. The van der Waals surface area contributed by atoms with E-state index in [1.54, 1.807) is 6.07 Å². The van der Waals surface area contributed by atoms with Crippen molar-refractivity contribution in [1.82, 2.24) is 0 Å². The van der Waals surface area contributed by atoms with Crippen LogP contribution in [0.25, 0.3) is 0 Å². The summed E-state index contributed by atoms with van der Waals surface area (Å²) in [5.41, 5.74) is 7.25. The molecular weight excluding hydrogens is 259 g/mol. The summed E-state index contributed by atoms with van der Waals surface area (Å²) in [6.45, 7) is 6.77. The van der Waals surface area contributed by atoms with Crippen molar-refractivity contribution in [3.63, 3.8) is 0 Å². The van der Waals surface area contributed by atoms with Gasteiger partial charge in [0, 0.05) is 31.8 Å². The first kappa shape index (κ1) is 14.9. The van der Waals surface area contributed by atoms with Crippen molar-refractivity contribution in [3.05, 3.63) is 17.9 Å². The Morgan fingerprint density at radius 3 is 2.55 bits per heavy atom. The molecule has 0 amide bonds. The molecule has 1 saturated heterocycles. The van der Waals surface area contributed by atoms with Gasteiger partial charge in [-0.05, 0) is 26.7 Å². The van der Waals surface area contributed by atoms with E-state index in [1.807, 2.05) is 13.8 Å². The van der Waals surface area contributed by atoms with Crippen LogP contribution in [0.2, 0.25) is 0 Å². The molecule has 0 aromatic heterocycles. The van der Waals surface area contributed by atoms with Gasteiger partial charge in [-0.15, -0.1) is 0 Å². The summed E-state index contributed by atoms with van der Waals surface area (Å²) in [6, 6.07) is 3.05. The fraction of sp³-hybridized carbons (Fsp3) is 0.600. The lowest BCUT2D eigenvalue weighted by Gasteiger charge is -2.34. The predicted molar refractivity (Wildman–Crippen MR) is 78.8 cm³/mol. The number of hydrogen-bond acceptors (Lipinski definition) is 4. The second-order valence-electron chi connectivity index (χ2n) is 4.92. The van der Waals surface area contributed by atoms with Crippen molar-refractivity contribution in [3.8, 4) is 5.75 Å². The van der Waals surface area contributed by atoms with Crippen LogP contribution in [0.5, 0.6) is 5.75 Å². The summed E-state index contributed by atoms with van der Waals surface area (Å²) in [5, 5.41) is 0. The SMILES string of the molecule is CCOc1cc(N2CCC(OCC)CC2)c(N)cc1F. The Bertz CT molecular complexity index is 446. The van der Waals surface area contributed by atoms with Gasteiger partial charge in [-0.3, -0.25) is 0 Å². The zero-order valence-corrected chi connectivity index (χ0v) is 12.2. The van der Waals surface area contributed by atoms with Crippen LogP contribution >= 0.6 is 0 Å². The highest BCUT2D eigenvalue weighted by molar-refractivity contribution is 5.70. The van der Waals surface area contributed by atoms with E-state index >= 15 is 0 Å². The minimum atomic E-state index is -0.405. The average Bonchev–Trinajstić information content (AvgIpc) is 2.43. The molecule has 1 aromatic carbocycles. The maximum atomic E-state index is 13.7. The molecule has 0 radical (unpaired) electrons. The van der Waals surface area contributed by atoms with Gasteiger partial charge in [0.1, 0.15) is 0 Å². The fourth-order valence-corrected chi connectivity index (χ4v) is 2.60. The van der Waals surface area contributed by atoms with Gasteiger partial charge in [0.15, 0.2) is 11.6 Å². The number of piperidine rings is 1. The van der Waals surface area contributed by atoms with E-state index in [9.17, 15) is 4.39 Å². The van der Waals surface area contributed by atoms with E-state index in [4.69, 9.17) is 15.2 Å². The summed E-state index contributed by atoms with van der Waals surface area (Å²) < 4.78 is 24.6. The van der Waals surface area contributed by atoms with Gasteiger partial charge in [0.25, 0.3) is 0 Å². The molecule has 0 bridgehead atoms. The average molecular weight is 282 g/mol. The number of nitrogens with zero attached hydrogens (tertiary/aromatic N) is 1. The first-order chi connectivity index (χ1) is 9.65. The van der Waals surface area contributed by atoms with E-state index in [2.05, 4.69) is 4.90 Å². The quantitative estimate of drug-likeness (QED) is 0.844. The minimum Gasteiger partial charge on any atom is -0.491 e. The van der Waals surface area contributed by atoms with Crippen molar-refractivity contribution in [1.29, 1.82) is 0 Å². The predicted octanol–water partition coefficient (Wildman–Crippen LogP) is 2.81. The molecule has 4 nitrogen and oxygen atoms in total. The Morgan fingerprint density at radius 2 is 1.95 bits per heavy atom. The molecule has 0 atom stereocenters. The van der Waals surface area contributed by atoms with Crippen LogP contribution in [0.4, 0.5) is 15.8 Å². The van der Waals surface area contributed by atoms with E-state index in [-0.39, 0.29) is 5.75 Å². The van der Waals surface area contributed by atoms with Gasteiger partial charge in [0.05, 0.1) is 24.1 Å². The lowest BCUT2D eigenvalue weighted by Crippen LogP contribution is -2.37. The van der Waals surface area contributed by atoms with Crippen LogP contribution in [0.3, 0.4) is 0 Å². The Labute approximate surface area is 119 Å². The summed E-state index contributed by atoms with van der Waals surface area (Å²) >= 11 is 0. The van der Waals surface area contributed by atoms with Gasteiger partial charge in [-0.1, -0.05) is 0 Å². The normalized spacial score (nSPS) is 16.4. The monoisotopic (exact) mass is 282 g/mol. The minimum absolute atomic E-state index is 0.267. The van der Waals surface area contributed by atoms with E-state index < -0.39 is 5.82 Å². The third kappa shape index (κ3) is 3.33. The molecule has 1 aromatic rings. The van der Waals surface area contributed by atoms with Crippen molar-refractivity contribution >= 4 is 11.4 Å². The van der Waals surface area contributed by atoms with Crippen molar-refractivity contribution in [2.75, 3.05) is 36.9 Å². The van der Waals surface area contributed by atoms with Crippen LogP contribution in [0.1, 0.15) is 26.7 Å². The zero-order valence-electron chi connectivity index (χ0n) is 12.2. The largest absolute Gasteiger partial charge is 0.491 e. The summed E-state index contributed by atoms with van der Waals surface area (Å²) in [7, 11) is 0. The first-order valence-corrected chi connectivity index (χ1v) is 7.24. The molecule has 112 valence electrons. The molecule has 0 spiro atoms. The molecule has 0 saturated carbocycles. The number of nitrogen functional groups attached to an aromatic ring is 1. The van der Waals surface area contributed by atoms with Crippen LogP contribution in [-0.2, 0) is 4.74 Å². The van der Waals surface area contributed by atoms with Crippen molar-refractivity contribution in [2.45, 2.75) is 32.8 Å². The number of hydrogen-bond donors (Lipinski definition) is 1. The Kier molecular flexibility index (Phi) is 5.06. The number of halogens is 1. The molecule has 1 aliphatic rings. The summed E-state index contributed by atoms with van der Waals surface area (Å²) in [5.74, 6) is -0.138. The van der Waals surface area contributed by atoms with Gasteiger partial charge in [-0.25, -0.2) is 4.39 Å². The van der Waals surface area contributed by atoms with Gasteiger partial charge >= 0.3 is 0 Å². The highest BCUT2D eigenvalue weighted by Crippen LogP contribution is 2.33. The van der Waals surface area contributed by atoms with Crippen LogP contribution in [-0.4, -0.2) is 32.4 Å².